The summed E-state index contributed by atoms with van der Waals surface area (Å²) in [6, 6.07) is 10.4. The summed E-state index contributed by atoms with van der Waals surface area (Å²) in [5.74, 6) is 0. The van der Waals surface area contributed by atoms with Crippen LogP contribution >= 0.6 is 0 Å². The van der Waals surface area contributed by atoms with E-state index in [-0.39, 0.29) is 0 Å². The summed E-state index contributed by atoms with van der Waals surface area (Å²) in [5.41, 5.74) is 4.31. The maximum atomic E-state index is 5.50. The zero-order chi connectivity index (χ0) is 19.3. The first-order chi connectivity index (χ1) is 13.4. The fourth-order valence-electron chi connectivity index (χ4n) is 3.22. The van der Waals surface area contributed by atoms with E-state index >= 15 is 0 Å². The van der Waals surface area contributed by atoms with Gasteiger partial charge in [-0.15, -0.1) is 0 Å². The molecule has 0 unspecified atom stereocenters. The van der Waals surface area contributed by atoms with Crippen molar-refractivity contribution in [3.8, 4) is 0 Å². The van der Waals surface area contributed by atoms with Crippen LogP contribution in [-0.2, 0) is 11.4 Å². The molecule has 1 aromatic rings. The lowest BCUT2D eigenvalue weighted by Gasteiger charge is -2.06. The molecule has 0 aromatic heterocycles. The maximum Gasteiger partial charge on any atom is 0.0682 e. The molecule has 0 heterocycles. The van der Waals surface area contributed by atoms with Crippen LogP contribution in [0.3, 0.4) is 0 Å². The van der Waals surface area contributed by atoms with Gasteiger partial charge in [0.1, 0.15) is 0 Å². The van der Waals surface area contributed by atoms with Gasteiger partial charge in [-0.3, -0.25) is 0 Å². The van der Waals surface area contributed by atoms with Crippen molar-refractivity contribution in [1.29, 1.82) is 0 Å². The van der Waals surface area contributed by atoms with Crippen molar-refractivity contribution >= 4 is 0 Å². The van der Waals surface area contributed by atoms with Crippen molar-refractivity contribution in [2.24, 2.45) is 0 Å². The lowest BCUT2D eigenvalue weighted by Crippen LogP contribution is -2.14. The normalized spacial score (nSPS) is 11.4. The van der Waals surface area contributed by atoms with Gasteiger partial charge in [0.05, 0.1) is 6.61 Å². The number of benzene rings is 1. The zero-order valence-electron chi connectivity index (χ0n) is 17.8. The minimum Gasteiger partial charge on any atom is -0.301 e. The first-order valence-corrected chi connectivity index (χ1v) is 11.5. The highest BCUT2D eigenvalue weighted by atomic mass is 16.6. The second-order valence-corrected chi connectivity index (χ2v) is 7.59. The number of unbranched alkanes of at least 4 members (excludes halogenated alkanes) is 12. The lowest BCUT2D eigenvalue weighted by molar-refractivity contribution is 0.0340. The fraction of sp³-hybridized carbons (Fsp3) is 0.680. The van der Waals surface area contributed by atoms with Gasteiger partial charge < -0.3 is 4.84 Å². The molecule has 154 valence electrons. The van der Waals surface area contributed by atoms with E-state index in [0.717, 1.165) is 19.6 Å². The molecule has 0 bridgehead atoms. The molecule has 0 spiro atoms. The molecule has 1 rings (SSSR count). The molecule has 0 saturated carbocycles. The van der Waals surface area contributed by atoms with Crippen molar-refractivity contribution in [2.75, 3.05) is 6.61 Å². The van der Waals surface area contributed by atoms with Crippen molar-refractivity contribution in [1.82, 2.24) is 5.48 Å². The predicted molar refractivity (Wildman–Crippen MR) is 119 cm³/mol. The smallest absolute Gasteiger partial charge is 0.0682 e. The van der Waals surface area contributed by atoms with Crippen LogP contribution in [0.4, 0.5) is 0 Å². The van der Waals surface area contributed by atoms with Crippen molar-refractivity contribution in [3.05, 3.63) is 48.0 Å². The van der Waals surface area contributed by atoms with E-state index in [9.17, 15) is 0 Å². The van der Waals surface area contributed by atoms with Gasteiger partial charge in [-0.1, -0.05) is 107 Å². The number of hydroxylamine groups is 1. The highest BCUT2D eigenvalue weighted by Crippen LogP contribution is 2.10. The van der Waals surface area contributed by atoms with E-state index in [4.69, 9.17) is 4.84 Å². The molecule has 0 radical (unpaired) electrons. The molecule has 1 aromatic carbocycles. The van der Waals surface area contributed by atoms with Crippen LogP contribution in [-0.4, -0.2) is 6.61 Å². The molecule has 0 aliphatic heterocycles. The summed E-state index contributed by atoms with van der Waals surface area (Å²) in [7, 11) is 0. The van der Waals surface area contributed by atoms with Crippen LogP contribution in [0.5, 0.6) is 0 Å². The second-order valence-electron chi connectivity index (χ2n) is 7.59. The first-order valence-electron chi connectivity index (χ1n) is 11.5. The first kappa shape index (κ1) is 23.9. The Labute approximate surface area is 168 Å². The molecule has 0 aliphatic carbocycles. The van der Waals surface area contributed by atoms with Crippen molar-refractivity contribution in [3.63, 3.8) is 0 Å². The molecule has 0 amide bonds. The standard InChI is InChI=1S/C25H43NO/c1-2-3-4-5-6-7-8-9-10-11-12-13-14-15-16-20-23-27-26-24-25-21-18-17-19-22-25/h9-10,17-19,21-22,26H,2-8,11-16,20,23-24H2,1H3/b10-9-. The summed E-state index contributed by atoms with van der Waals surface area (Å²) in [4.78, 5) is 5.50. The molecule has 27 heavy (non-hydrogen) atoms. The van der Waals surface area contributed by atoms with Gasteiger partial charge in [-0.2, -0.15) is 5.48 Å². The molecular formula is C25H43NO. The third kappa shape index (κ3) is 16.8. The number of hydrogen-bond acceptors (Lipinski definition) is 2. The van der Waals surface area contributed by atoms with E-state index in [0.29, 0.717) is 0 Å². The van der Waals surface area contributed by atoms with Crippen LogP contribution in [0.1, 0.15) is 102 Å². The summed E-state index contributed by atoms with van der Waals surface area (Å²) in [5, 5.41) is 0. The molecule has 2 heteroatoms. The molecular weight excluding hydrogens is 330 g/mol. The van der Waals surface area contributed by atoms with Crippen molar-refractivity contribution in [2.45, 2.75) is 103 Å². The number of nitrogens with one attached hydrogen (secondary N) is 1. The molecule has 0 fully saturated rings. The van der Waals surface area contributed by atoms with E-state index in [1.165, 1.54) is 89.0 Å². The van der Waals surface area contributed by atoms with Gasteiger partial charge in [0, 0.05) is 6.54 Å². The minimum absolute atomic E-state index is 0.785. The number of allylic oxidation sites excluding steroid dienone is 2. The summed E-state index contributed by atoms with van der Waals surface area (Å²) in [6.07, 6.45) is 23.6. The second kappa shape index (κ2) is 19.6. The van der Waals surface area contributed by atoms with Crippen LogP contribution in [0, 0.1) is 0 Å². The topological polar surface area (TPSA) is 21.3 Å². The predicted octanol–water partition coefficient (Wildman–Crippen LogP) is 7.75. The van der Waals surface area contributed by atoms with E-state index in [2.05, 4.69) is 48.8 Å². The monoisotopic (exact) mass is 373 g/mol. The third-order valence-electron chi connectivity index (χ3n) is 4.98. The highest BCUT2D eigenvalue weighted by molar-refractivity contribution is 5.13. The SMILES string of the molecule is CCCCCCCC/C=C\CCCCCCCCONCc1ccccc1. The Kier molecular flexibility index (Phi) is 17.4. The average Bonchev–Trinajstić information content (AvgIpc) is 2.70. The van der Waals surface area contributed by atoms with Crippen LogP contribution < -0.4 is 5.48 Å². The molecule has 0 atom stereocenters. The number of hydrogen-bond donors (Lipinski definition) is 1. The molecule has 0 saturated heterocycles. The zero-order valence-corrected chi connectivity index (χ0v) is 17.8. The Morgan fingerprint density at radius 3 is 1.89 bits per heavy atom. The maximum absolute atomic E-state index is 5.50. The van der Waals surface area contributed by atoms with Crippen LogP contribution in [0.15, 0.2) is 42.5 Å². The van der Waals surface area contributed by atoms with Gasteiger partial charge in [0.15, 0.2) is 0 Å². The van der Waals surface area contributed by atoms with Gasteiger partial charge in [0.25, 0.3) is 0 Å². The van der Waals surface area contributed by atoms with Crippen LogP contribution in [0.25, 0.3) is 0 Å². The Balaban J connectivity index is 1.72. The minimum atomic E-state index is 0.785. The van der Waals surface area contributed by atoms with Crippen LogP contribution in [0.2, 0.25) is 0 Å². The molecule has 1 N–H and O–H groups in total. The fourth-order valence-corrected chi connectivity index (χ4v) is 3.22. The Morgan fingerprint density at radius 1 is 0.704 bits per heavy atom. The van der Waals surface area contributed by atoms with E-state index < -0.39 is 0 Å². The van der Waals surface area contributed by atoms with Gasteiger partial charge in [-0.05, 0) is 37.7 Å². The number of rotatable bonds is 19. The summed E-state index contributed by atoms with van der Waals surface area (Å²) in [6.45, 7) is 3.88. The summed E-state index contributed by atoms with van der Waals surface area (Å²) < 4.78 is 0. The Morgan fingerprint density at radius 2 is 1.26 bits per heavy atom. The quantitative estimate of drug-likeness (QED) is 0.152. The largest absolute Gasteiger partial charge is 0.301 e. The summed E-state index contributed by atoms with van der Waals surface area (Å²) >= 11 is 0. The Bertz CT molecular complexity index is 429. The van der Waals surface area contributed by atoms with Gasteiger partial charge >= 0.3 is 0 Å². The highest BCUT2D eigenvalue weighted by Gasteiger charge is 1.94. The van der Waals surface area contributed by atoms with E-state index in [1.807, 2.05) is 6.07 Å². The lowest BCUT2D eigenvalue weighted by atomic mass is 10.1. The van der Waals surface area contributed by atoms with Crippen molar-refractivity contribution < 1.29 is 4.84 Å². The van der Waals surface area contributed by atoms with E-state index in [1.54, 1.807) is 0 Å². The molecule has 2 nitrogen and oxygen atoms in total. The van der Waals surface area contributed by atoms with Gasteiger partial charge in [0.2, 0.25) is 0 Å². The third-order valence-corrected chi connectivity index (χ3v) is 4.98. The Hall–Kier alpha value is -1.12. The van der Waals surface area contributed by atoms with Gasteiger partial charge in [-0.25, -0.2) is 0 Å². The molecule has 0 aliphatic rings. The average molecular weight is 374 g/mol.